The van der Waals surface area contributed by atoms with Gasteiger partial charge in [0.25, 0.3) is 5.91 Å². The van der Waals surface area contributed by atoms with Crippen molar-refractivity contribution in [1.82, 2.24) is 5.32 Å². The van der Waals surface area contributed by atoms with Gasteiger partial charge in [-0.3, -0.25) is 9.59 Å². The molecule has 0 bridgehead atoms. The maximum absolute atomic E-state index is 13.5. The number of carbonyl (C=O) groups excluding carboxylic acids is 2. The molecule has 2 aromatic rings. The number of halogens is 3. The van der Waals surface area contributed by atoms with Crippen LogP contribution in [0.25, 0.3) is 0 Å². The van der Waals surface area contributed by atoms with Gasteiger partial charge in [0.1, 0.15) is 11.6 Å². The van der Waals surface area contributed by atoms with E-state index in [1.165, 1.54) is 6.92 Å². The van der Waals surface area contributed by atoms with Crippen LogP contribution >= 0.6 is 23.4 Å². The molecule has 0 radical (unpaired) electrons. The summed E-state index contributed by atoms with van der Waals surface area (Å²) < 4.78 is 31.6. The fraction of sp³-hybridized carbons (Fsp3) is 0.222. The molecule has 0 aromatic heterocycles. The van der Waals surface area contributed by atoms with Crippen molar-refractivity contribution in [2.75, 3.05) is 5.75 Å². The van der Waals surface area contributed by atoms with E-state index in [-0.39, 0.29) is 17.2 Å². The van der Waals surface area contributed by atoms with Gasteiger partial charge in [0.15, 0.2) is 6.10 Å². The van der Waals surface area contributed by atoms with E-state index in [9.17, 15) is 18.4 Å². The van der Waals surface area contributed by atoms with E-state index in [0.717, 1.165) is 35.5 Å². The molecule has 0 spiro atoms. The molecule has 0 heterocycles. The molecule has 26 heavy (non-hydrogen) atoms. The number of hydrogen-bond donors (Lipinski definition) is 1. The van der Waals surface area contributed by atoms with Crippen LogP contribution in [0.15, 0.2) is 47.4 Å². The van der Waals surface area contributed by atoms with Crippen LogP contribution in [0.2, 0.25) is 5.02 Å². The van der Waals surface area contributed by atoms with Gasteiger partial charge in [-0.25, -0.2) is 8.78 Å². The number of amides is 1. The van der Waals surface area contributed by atoms with Gasteiger partial charge in [0, 0.05) is 16.5 Å². The van der Waals surface area contributed by atoms with Gasteiger partial charge in [-0.15, -0.1) is 11.8 Å². The molecule has 2 rings (SSSR count). The Bertz CT molecular complexity index is 804. The van der Waals surface area contributed by atoms with Crippen molar-refractivity contribution in [3.63, 3.8) is 0 Å². The number of ether oxygens (including phenoxy) is 1. The highest BCUT2D eigenvalue weighted by Crippen LogP contribution is 2.22. The first-order valence-electron chi connectivity index (χ1n) is 7.65. The Labute approximate surface area is 158 Å². The molecule has 2 aromatic carbocycles. The predicted octanol–water partition coefficient (Wildman–Crippen LogP) is 3.96. The number of nitrogens with one attached hydrogen (secondary N) is 1. The molecule has 0 saturated carbocycles. The lowest BCUT2D eigenvalue weighted by atomic mass is 10.2. The molecule has 0 aliphatic heterocycles. The van der Waals surface area contributed by atoms with E-state index in [2.05, 4.69) is 5.32 Å². The van der Waals surface area contributed by atoms with Crippen LogP contribution in [0.3, 0.4) is 0 Å². The van der Waals surface area contributed by atoms with Crippen molar-refractivity contribution in [1.29, 1.82) is 0 Å². The molecule has 138 valence electrons. The SMILES string of the molecule is C[C@H](OC(=O)CSc1cc(F)ccc1F)C(=O)NCc1ccccc1Cl. The average Bonchev–Trinajstić information content (AvgIpc) is 2.61. The van der Waals surface area contributed by atoms with Gasteiger partial charge in [-0.05, 0) is 36.8 Å². The minimum absolute atomic E-state index is 0.00206. The highest BCUT2D eigenvalue weighted by molar-refractivity contribution is 8.00. The number of esters is 1. The standard InChI is InChI=1S/C18H16ClF2NO3S/c1-11(18(24)22-9-12-4-2-3-5-14(12)19)25-17(23)10-26-16-8-13(20)6-7-15(16)21/h2-8,11H,9-10H2,1H3,(H,22,24)/t11-/m0/s1. The Kier molecular flexibility index (Phi) is 7.41. The average molecular weight is 400 g/mol. The highest BCUT2D eigenvalue weighted by Gasteiger charge is 2.18. The van der Waals surface area contributed by atoms with E-state index in [1.54, 1.807) is 24.3 Å². The lowest BCUT2D eigenvalue weighted by Crippen LogP contribution is -2.35. The number of thioether (sulfide) groups is 1. The lowest BCUT2D eigenvalue weighted by Gasteiger charge is -2.14. The molecule has 1 N–H and O–H groups in total. The summed E-state index contributed by atoms with van der Waals surface area (Å²) >= 11 is 6.79. The monoisotopic (exact) mass is 399 g/mol. The Morgan fingerprint density at radius 1 is 1.23 bits per heavy atom. The van der Waals surface area contributed by atoms with Gasteiger partial charge in [-0.2, -0.15) is 0 Å². The number of rotatable bonds is 7. The summed E-state index contributed by atoms with van der Waals surface area (Å²) in [4.78, 5) is 23.8. The van der Waals surface area contributed by atoms with Gasteiger partial charge >= 0.3 is 5.97 Å². The maximum Gasteiger partial charge on any atom is 0.317 e. The first kappa shape index (κ1) is 20.2. The minimum Gasteiger partial charge on any atom is -0.452 e. The van der Waals surface area contributed by atoms with Gasteiger partial charge in [-0.1, -0.05) is 29.8 Å². The maximum atomic E-state index is 13.5. The van der Waals surface area contributed by atoms with Crippen molar-refractivity contribution in [2.24, 2.45) is 0 Å². The summed E-state index contributed by atoms with van der Waals surface area (Å²) in [6, 6.07) is 10.00. The molecule has 0 unspecified atom stereocenters. The van der Waals surface area contributed by atoms with Crippen molar-refractivity contribution >= 4 is 35.2 Å². The van der Waals surface area contributed by atoms with E-state index >= 15 is 0 Å². The first-order chi connectivity index (χ1) is 12.4. The Hall–Kier alpha value is -2.12. The Morgan fingerprint density at radius 2 is 1.96 bits per heavy atom. The lowest BCUT2D eigenvalue weighted by molar-refractivity contribution is -0.152. The second kappa shape index (κ2) is 9.54. The minimum atomic E-state index is -1.03. The smallest absolute Gasteiger partial charge is 0.317 e. The zero-order valence-corrected chi connectivity index (χ0v) is 15.4. The summed E-state index contributed by atoms with van der Waals surface area (Å²) in [6.45, 7) is 1.62. The summed E-state index contributed by atoms with van der Waals surface area (Å²) in [5.41, 5.74) is 0.734. The molecular formula is C18H16ClF2NO3S. The van der Waals surface area contributed by atoms with Crippen molar-refractivity contribution in [2.45, 2.75) is 24.5 Å². The Morgan fingerprint density at radius 3 is 2.69 bits per heavy atom. The van der Waals surface area contributed by atoms with Crippen LogP contribution in [0.4, 0.5) is 8.78 Å². The van der Waals surface area contributed by atoms with Crippen molar-refractivity contribution < 1.29 is 23.1 Å². The molecule has 0 aliphatic rings. The van der Waals surface area contributed by atoms with Crippen LogP contribution in [0, 0.1) is 11.6 Å². The second-order valence-corrected chi connectivity index (χ2v) is 6.73. The molecule has 0 fully saturated rings. The third-order valence-corrected chi connectivity index (χ3v) is 4.70. The molecule has 0 aliphatic carbocycles. The van der Waals surface area contributed by atoms with Gasteiger partial charge < -0.3 is 10.1 Å². The van der Waals surface area contributed by atoms with E-state index in [4.69, 9.17) is 16.3 Å². The van der Waals surface area contributed by atoms with Gasteiger partial charge in [0.2, 0.25) is 0 Å². The van der Waals surface area contributed by atoms with E-state index in [1.807, 2.05) is 0 Å². The molecule has 0 saturated heterocycles. The largest absolute Gasteiger partial charge is 0.452 e. The quantitative estimate of drug-likeness (QED) is 0.565. The second-order valence-electron chi connectivity index (χ2n) is 5.30. The first-order valence-corrected chi connectivity index (χ1v) is 9.01. The fourth-order valence-corrected chi connectivity index (χ4v) is 2.92. The molecule has 4 nitrogen and oxygen atoms in total. The zero-order chi connectivity index (χ0) is 19.1. The third kappa shape index (κ3) is 6.00. The third-order valence-electron chi connectivity index (χ3n) is 3.33. The van der Waals surface area contributed by atoms with Crippen LogP contribution in [-0.2, 0) is 20.9 Å². The molecule has 1 atom stereocenters. The summed E-state index contributed by atoms with van der Waals surface area (Å²) in [6.07, 6.45) is -1.03. The highest BCUT2D eigenvalue weighted by atomic mass is 35.5. The summed E-state index contributed by atoms with van der Waals surface area (Å²) in [5.74, 6) is -2.67. The zero-order valence-electron chi connectivity index (χ0n) is 13.8. The predicted molar refractivity (Wildman–Crippen MR) is 95.9 cm³/mol. The van der Waals surface area contributed by atoms with Crippen LogP contribution in [0.1, 0.15) is 12.5 Å². The normalized spacial score (nSPS) is 11.7. The van der Waals surface area contributed by atoms with E-state index in [0.29, 0.717) is 5.02 Å². The number of carbonyl (C=O) groups is 2. The molecule has 8 heteroatoms. The van der Waals surface area contributed by atoms with Crippen LogP contribution in [0.5, 0.6) is 0 Å². The summed E-state index contributed by atoms with van der Waals surface area (Å²) in [5, 5.41) is 3.14. The van der Waals surface area contributed by atoms with Crippen molar-refractivity contribution in [3.8, 4) is 0 Å². The topological polar surface area (TPSA) is 55.4 Å². The van der Waals surface area contributed by atoms with Crippen molar-refractivity contribution in [3.05, 3.63) is 64.7 Å². The van der Waals surface area contributed by atoms with Crippen LogP contribution in [-0.4, -0.2) is 23.7 Å². The number of hydrogen-bond acceptors (Lipinski definition) is 4. The van der Waals surface area contributed by atoms with Gasteiger partial charge in [0.05, 0.1) is 5.75 Å². The van der Waals surface area contributed by atoms with Crippen LogP contribution < -0.4 is 5.32 Å². The molecular weight excluding hydrogens is 384 g/mol. The summed E-state index contributed by atoms with van der Waals surface area (Å²) in [7, 11) is 0. The van der Waals surface area contributed by atoms with E-state index < -0.39 is 29.6 Å². The Balaban J connectivity index is 1.79. The molecule has 1 amide bonds. The number of benzene rings is 2. The fourth-order valence-electron chi connectivity index (χ4n) is 1.98.